The summed E-state index contributed by atoms with van der Waals surface area (Å²) < 4.78 is 4.41. The molecule has 3 heteroatoms. The molecule has 0 saturated carbocycles. The van der Waals surface area contributed by atoms with Crippen molar-refractivity contribution in [1.29, 1.82) is 0 Å². The summed E-state index contributed by atoms with van der Waals surface area (Å²) >= 11 is 0. The number of rotatable bonds is 2. The van der Waals surface area contributed by atoms with Gasteiger partial charge in [-0.15, -0.1) is 0 Å². The summed E-state index contributed by atoms with van der Waals surface area (Å²) in [5.74, 6) is -0.192. The Morgan fingerprint density at radius 3 is 2.00 bits per heavy atom. The summed E-state index contributed by atoms with van der Waals surface area (Å²) in [6.07, 6.45) is 0. The smallest absolute Gasteiger partial charge is 0.322 e. The zero-order chi connectivity index (χ0) is 7.44. The average molecular weight is 147 g/mol. The van der Waals surface area contributed by atoms with Crippen molar-refractivity contribution < 1.29 is 9.53 Å². The van der Waals surface area contributed by atoms with Gasteiger partial charge in [-0.1, -0.05) is 21.3 Å². The lowest BCUT2D eigenvalue weighted by Crippen LogP contribution is -2.36. The standard InChI is InChI=1S/C6H13NO2.CH4/c1-4(2)5(7)6(8)9-3;/h4-5H,7H2,1-3H3;1H4. The van der Waals surface area contributed by atoms with Gasteiger partial charge < -0.3 is 10.5 Å². The molecule has 0 aromatic heterocycles. The molecule has 0 amide bonds. The van der Waals surface area contributed by atoms with Crippen molar-refractivity contribution in [3.05, 3.63) is 0 Å². The predicted molar refractivity (Wildman–Crippen MR) is 41.6 cm³/mol. The molecule has 0 aliphatic carbocycles. The fourth-order valence-corrected chi connectivity index (χ4v) is 0.408. The van der Waals surface area contributed by atoms with Gasteiger partial charge in [0, 0.05) is 0 Å². The third-order valence-corrected chi connectivity index (χ3v) is 1.19. The third-order valence-electron chi connectivity index (χ3n) is 1.19. The van der Waals surface area contributed by atoms with Crippen LogP contribution in [-0.2, 0) is 9.53 Å². The van der Waals surface area contributed by atoms with Crippen LogP contribution in [0.2, 0.25) is 0 Å². The second-order valence-corrected chi connectivity index (χ2v) is 2.29. The van der Waals surface area contributed by atoms with Gasteiger partial charge in [-0.25, -0.2) is 0 Å². The normalized spacial score (nSPS) is 12.1. The third kappa shape index (κ3) is 3.45. The Morgan fingerprint density at radius 2 is 1.90 bits per heavy atom. The van der Waals surface area contributed by atoms with Crippen LogP contribution in [0.3, 0.4) is 0 Å². The minimum Gasteiger partial charge on any atom is -0.468 e. The molecule has 1 atom stereocenters. The van der Waals surface area contributed by atoms with E-state index in [4.69, 9.17) is 5.73 Å². The minimum absolute atomic E-state index is 0. The van der Waals surface area contributed by atoms with Crippen molar-refractivity contribution >= 4 is 5.97 Å². The maximum Gasteiger partial charge on any atom is 0.322 e. The van der Waals surface area contributed by atoms with E-state index in [1.54, 1.807) is 0 Å². The van der Waals surface area contributed by atoms with Gasteiger partial charge >= 0.3 is 5.97 Å². The lowest BCUT2D eigenvalue weighted by Gasteiger charge is -2.11. The van der Waals surface area contributed by atoms with Crippen LogP contribution in [0, 0.1) is 5.92 Å². The van der Waals surface area contributed by atoms with Crippen LogP contribution in [0.1, 0.15) is 21.3 Å². The van der Waals surface area contributed by atoms with Gasteiger partial charge in [0.2, 0.25) is 0 Å². The Hall–Kier alpha value is -0.570. The van der Waals surface area contributed by atoms with E-state index in [2.05, 4.69) is 4.74 Å². The van der Waals surface area contributed by atoms with Crippen LogP contribution >= 0.6 is 0 Å². The van der Waals surface area contributed by atoms with Gasteiger partial charge in [0.1, 0.15) is 6.04 Å². The average Bonchev–Trinajstić information content (AvgIpc) is 1.84. The van der Waals surface area contributed by atoms with Crippen LogP contribution in [-0.4, -0.2) is 19.1 Å². The van der Waals surface area contributed by atoms with E-state index in [9.17, 15) is 4.79 Å². The number of nitrogens with two attached hydrogens (primary N) is 1. The Bertz CT molecular complexity index is 102. The second-order valence-electron chi connectivity index (χ2n) is 2.29. The zero-order valence-corrected chi connectivity index (χ0v) is 6.05. The molecular weight excluding hydrogens is 130 g/mol. The molecule has 1 unspecified atom stereocenters. The monoisotopic (exact) mass is 147 g/mol. The van der Waals surface area contributed by atoms with E-state index in [-0.39, 0.29) is 19.3 Å². The summed E-state index contributed by atoms with van der Waals surface area (Å²) in [6.45, 7) is 3.75. The molecule has 0 aromatic rings. The fourth-order valence-electron chi connectivity index (χ4n) is 0.408. The lowest BCUT2D eigenvalue weighted by atomic mass is 10.1. The van der Waals surface area contributed by atoms with E-state index < -0.39 is 6.04 Å². The quantitative estimate of drug-likeness (QED) is 0.587. The van der Waals surface area contributed by atoms with Crippen LogP contribution in [0.25, 0.3) is 0 Å². The van der Waals surface area contributed by atoms with Gasteiger partial charge in [0.15, 0.2) is 0 Å². The van der Waals surface area contributed by atoms with Crippen molar-refractivity contribution in [2.75, 3.05) is 7.11 Å². The molecule has 0 saturated heterocycles. The molecule has 0 radical (unpaired) electrons. The first-order valence-corrected chi connectivity index (χ1v) is 2.93. The number of ether oxygens (including phenoxy) is 1. The molecule has 0 bridgehead atoms. The highest BCUT2D eigenvalue weighted by Crippen LogP contribution is 1.98. The molecule has 0 rings (SSSR count). The molecule has 62 valence electrons. The van der Waals surface area contributed by atoms with Gasteiger partial charge in [0.25, 0.3) is 0 Å². The number of hydrogen-bond donors (Lipinski definition) is 1. The Labute approximate surface area is 62.5 Å². The van der Waals surface area contributed by atoms with Crippen LogP contribution in [0.15, 0.2) is 0 Å². The Morgan fingerprint density at radius 1 is 1.50 bits per heavy atom. The first-order valence-electron chi connectivity index (χ1n) is 2.93. The first-order chi connectivity index (χ1) is 4.09. The minimum atomic E-state index is -0.477. The van der Waals surface area contributed by atoms with Crippen molar-refractivity contribution in [3.63, 3.8) is 0 Å². The van der Waals surface area contributed by atoms with E-state index in [1.807, 2.05) is 13.8 Å². The van der Waals surface area contributed by atoms with Gasteiger partial charge in [-0.2, -0.15) is 0 Å². The number of methoxy groups -OCH3 is 1. The molecular formula is C7H17NO2. The second kappa shape index (κ2) is 5.23. The predicted octanol–water partition coefficient (Wildman–Crippen LogP) is 0.779. The maximum absolute atomic E-state index is 10.6. The summed E-state index contributed by atoms with van der Waals surface area (Å²) in [6, 6.07) is -0.477. The van der Waals surface area contributed by atoms with E-state index in [1.165, 1.54) is 7.11 Å². The number of hydrogen-bond acceptors (Lipinski definition) is 3. The molecule has 0 aliphatic heterocycles. The van der Waals surface area contributed by atoms with Crippen molar-refractivity contribution in [1.82, 2.24) is 0 Å². The summed E-state index contributed by atoms with van der Waals surface area (Å²) in [5, 5.41) is 0. The SMILES string of the molecule is C.COC(=O)C(N)C(C)C. The molecule has 10 heavy (non-hydrogen) atoms. The van der Waals surface area contributed by atoms with E-state index in [0.29, 0.717) is 0 Å². The van der Waals surface area contributed by atoms with Gasteiger partial charge in [-0.05, 0) is 5.92 Å². The fraction of sp³-hybridized carbons (Fsp3) is 0.857. The maximum atomic E-state index is 10.6. The molecule has 0 fully saturated rings. The van der Waals surface area contributed by atoms with Crippen molar-refractivity contribution in [3.8, 4) is 0 Å². The molecule has 0 heterocycles. The number of carbonyl (C=O) groups excluding carboxylic acids is 1. The van der Waals surface area contributed by atoms with Crippen LogP contribution < -0.4 is 5.73 Å². The highest BCUT2D eigenvalue weighted by Gasteiger charge is 2.16. The Kier molecular flexibility index (Phi) is 6.35. The van der Waals surface area contributed by atoms with Crippen molar-refractivity contribution in [2.45, 2.75) is 27.3 Å². The molecule has 2 N–H and O–H groups in total. The lowest BCUT2D eigenvalue weighted by molar-refractivity contribution is -0.143. The zero-order valence-electron chi connectivity index (χ0n) is 6.05. The Balaban J connectivity index is 0. The summed E-state index contributed by atoms with van der Waals surface area (Å²) in [4.78, 5) is 10.6. The van der Waals surface area contributed by atoms with Crippen molar-refractivity contribution in [2.24, 2.45) is 11.7 Å². The molecule has 3 nitrogen and oxygen atoms in total. The summed E-state index contributed by atoms with van der Waals surface area (Å²) in [7, 11) is 1.34. The number of esters is 1. The highest BCUT2D eigenvalue weighted by atomic mass is 16.5. The van der Waals surface area contributed by atoms with Crippen LogP contribution in [0.5, 0.6) is 0 Å². The van der Waals surface area contributed by atoms with E-state index >= 15 is 0 Å². The van der Waals surface area contributed by atoms with Gasteiger partial charge in [0.05, 0.1) is 7.11 Å². The molecule has 0 aliphatic rings. The summed E-state index contributed by atoms with van der Waals surface area (Å²) in [5.41, 5.74) is 5.40. The number of carbonyl (C=O) groups is 1. The topological polar surface area (TPSA) is 52.3 Å². The van der Waals surface area contributed by atoms with Crippen LogP contribution in [0.4, 0.5) is 0 Å². The molecule has 0 aromatic carbocycles. The highest BCUT2D eigenvalue weighted by molar-refractivity contribution is 5.75. The first kappa shape index (κ1) is 12.1. The van der Waals surface area contributed by atoms with E-state index in [0.717, 1.165) is 0 Å². The van der Waals surface area contributed by atoms with Gasteiger partial charge in [-0.3, -0.25) is 4.79 Å². The molecule has 0 spiro atoms. The largest absolute Gasteiger partial charge is 0.468 e.